The lowest BCUT2D eigenvalue weighted by molar-refractivity contribution is -0.118. The minimum atomic E-state index is 0.0758. The summed E-state index contributed by atoms with van der Waals surface area (Å²) in [6.45, 7) is 1.56. The number of carbonyl (C=O) groups is 1. The monoisotopic (exact) mass is 126 g/mol. The summed E-state index contributed by atoms with van der Waals surface area (Å²) in [7, 11) is 0. The molecule has 0 aliphatic heterocycles. The van der Waals surface area contributed by atoms with Crippen molar-refractivity contribution < 1.29 is 4.79 Å². The molecule has 0 atom stereocenters. The van der Waals surface area contributed by atoms with Crippen LogP contribution in [-0.2, 0) is 4.79 Å². The Bertz CT molecular complexity index is 105. The lowest BCUT2D eigenvalue weighted by atomic mass is 10.2. The Labute approximate surface area is 55.6 Å². The Balaban J connectivity index is 2.19. The summed E-state index contributed by atoms with van der Waals surface area (Å²) < 4.78 is 0. The zero-order chi connectivity index (χ0) is 6.69. The van der Waals surface area contributed by atoms with E-state index in [1.165, 1.54) is 18.9 Å². The highest BCUT2D eigenvalue weighted by molar-refractivity contribution is 5.74. The molecule has 0 unspecified atom stereocenters. The summed E-state index contributed by atoms with van der Waals surface area (Å²) in [5, 5.41) is 2.82. The van der Waals surface area contributed by atoms with Crippen LogP contribution >= 0.6 is 0 Å². The van der Waals surface area contributed by atoms with Crippen molar-refractivity contribution in [3.8, 4) is 0 Å². The molecule has 1 aliphatic carbocycles. The van der Waals surface area contributed by atoms with Gasteiger partial charge in [0.25, 0.3) is 0 Å². The smallest absolute Gasteiger partial charge is 0.217 e. The van der Waals surface area contributed by atoms with Crippen molar-refractivity contribution in [3.63, 3.8) is 0 Å². The average molecular weight is 126 g/mol. The number of hydrogen-bond acceptors (Lipinski definition) is 1. The highest BCUT2D eigenvalue weighted by atomic mass is 16.1. The first-order chi connectivity index (χ1) is 4.29. The van der Waals surface area contributed by atoms with E-state index >= 15 is 0 Å². The molecule has 51 valence electrons. The van der Waals surface area contributed by atoms with Crippen molar-refractivity contribution in [2.45, 2.75) is 32.6 Å². The molecular weight excluding hydrogens is 114 g/mol. The van der Waals surface area contributed by atoms with Crippen LogP contribution in [0.5, 0.6) is 0 Å². The first-order valence-corrected chi connectivity index (χ1v) is 3.41. The molecule has 1 saturated carbocycles. The van der Waals surface area contributed by atoms with E-state index in [9.17, 15) is 4.79 Å². The molecule has 1 aliphatic rings. The second kappa shape index (κ2) is 2.85. The van der Waals surface area contributed by atoms with Crippen LogP contribution in [0.3, 0.4) is 0 Å². The van der Waals surface area contributed by atoms with Crippen LogP contribution in [0.1, 0.15) is 32.6 Å². The molecule has 0 saturated heterocycles. The Morgan fingerprint density at radius 1 is 1.44 bits per heavy atom. The minimum Gasteiger partial charge on any atom is -0.349 e. The number of carbonyl (C=O) groups excluding carboxylic acids is 1. The molecule has 0 aromatic heterocycles. The van der Waals surface area contributed by atoms with E-state index in [0.717, 1.165) is 12.8 Å². The van der Waals surface area contributed by atoms with E-state index in [1.807, 2.05) is 0 Å². The molecule has 0 aromatic rings. The fraction of sp³-hybridized carbons (Fsp3) is 0.714. The minimum absolute atomic E-state index is 0.0758. The first kappa shape index (κ1) is 6.59. The normalized spacial score (nSPS) is 20.1. The van der Waals surface area contributed by atoms with Crippen LogP contribution in [0.25, 0.3) is 0 Å². The molecule has 1 N–H and O–H groups in total. The van der Waals surface area contributed by atoms with E-state index in [4.69, 9.17) is 0 Å². The molecule has 2 heteroatoms. The summed E-state index contributed by atoms with van der Waals surface area (Å²) >= 11 is 0. The van der Waals surface area contributed by atoms with Gasteiger partial charge in [0.1, 0.15) is 0 Å². The van der Waals surface area contributed by atoms with Crippen LogP contribution < -0.4 is 5.32 Å². The average Bonchev–Trinajstić information content (AvgIpc) is 2.15. The van der Waals surface area contributed by atoms with Crippen LogP contribution in [0.2, 0.25) is 0 Å². The molecule has 0 heterocycles. The third kappa shape index (κ3) is 2.04. The fourth-order valence-corrected chi connectivity index (χ4v) is 1.18. The molecule has 1 radical (unpaired) electrons. The highest BCUT2D eigenvalue weighted by Crippen LogP contribution is 2.23. The third-order valence-electron chi connectivity index (χ3n) is 1.56. The van der Waals surface area contributed by atoms with E-state index in [0.29, 0.717) is 0 Å². The largest absolute Gasteiger partial charge is 0.349 e. The molecule has 9 heavy (non-hydrogen) atoms. The SMILES string of the molecule is CC(=O)N[C]1CCCC1. The summed E-state index contributed by atoms with van der Waals surface area (Å²) in [4.78, 5) is 10.5. The van der Waals surface area contributed by atoms with Gasteiger partial charge in [-0.15, -0.1) is 0 Å². The lowest BCUT2D eigenvalue weighted by Gasteiger charge is -2.06. The topological polar surface area (TPSA) is 29.1 Å². The van der Waals surface area contributed by atoms with Gasteiger partial charge in [-0.05, 0) is 12.8 Å². The van der Waals surface area contributed by atoms with Crippen molar-refractivity contribution in [1.29, 1.82) is 0 Å². The maximum Gasteiger partial charge on any atom is 0.217 e. The maximum atomic E-state index is 10.5. The molecule has 0 spiro atoms. The standard InChI is InChI=1S/C7H12NO/c1-6(9)8-7-4-2-3-5-7/h2-5H2,1H3,(H,8,9). The van der Waals surface area contributed by atoms with E-state index in [-0.39, 0.29) is 5.91 Å². The zero-order valence-electron chi connectivity index (χ0n) is 5.74. The van der Waals surface area contributed by atoms with Crippen molar-refractivity contribution in [2.24, 2.45) is 0 Å². The van der Waals surface area contributed by atoms with Gasteiger partial charge in [0.2, 0.25) is 5.91 Å². The Morgan fingerprint density at radius 3 is 2.44 bits per heavy atom. The predicted molar refractivity (Wildman–Crippen MR) is 35.5 cm³/mol. The molecule has 1 amide bonds. The summed E-state index contributed by atoms with van der Waals surface area (Å²) in [6.07, 6.45) is 4.68. The Hall–Kier alpha value is -0.530. The van der Waals surface area contributed by atoms with Crippen LogP contribution in [0.15, 0.2) is 0 Å². The molecule has 1 fully saturated rings. The van der Waals surface area contributed by atoms with Gasteiger partial charge in [0.05, 0.1) is 6.04 Å². The van der Waals surface area contributed by atoms with Gasteiger partial charge < -0.3 is 5.32 Å². The molecular formula is C7H12NO. The number of nitrogens with one attached hydrogen (secondary N) is 1. The molecule has 0 bridgehead atoms. The summed E-state index contributed by atoms with van der Waals surface area (Å²) in [5.74, 6) is 0.0758. The quantitative estimate of drug-likeness (QED) is 0.562. The van der Waals surface area contributed by atoms with Gasteiger partial charge in [-0.1, -0.05) is 12.8 Å². The summed E-state index contributed by atoms with van der Waals surface area (Å²) in [6, 6.07) is 1.22. The predicted octanol–water partition coefficient (Wildman–Crippen LogP) is 1.23. The van der Waals surface area contributed by atoms with Crippen molar-refractivity contribution in [2.75, 3.05) is 0 Å². The van der Waals surface area contributed by atoms with Crippen LogP contribution in [0, 0.1) is 6.04 Å². The maximum absolute atomic E-state index is 10.5. The highest BCUT2D eigenvalue weighted by Gasteiger charge is 2.15. The second-order valence-electron chi connectivity index (χ2n) is 2.49. The molecule has 2 nitrogen and oxygen atoms in total. The second-order valence-corrected chi connectivity index (χ2v) is 2.49. The van der Waals surface area contributed by atoms with Gasteiger partial charge in [-0.3, -0.25) is 4.79 Å². The fourth-order valence-electron chi connectivity index (χ4n) is 1.18. The lowest BCUT2D eigenvalue weighted by Crippen LogP contribution is -2.23. The third-order valence-corrected chi connectivity index (χ3v) is 1.56. The van der Waals surface area contributed by atoms with Gasteiger partial charge in [0.15, 0.2) is 0 Å². The number of amides is 1. The first-order valence-electron chi connectivity index (χ1n) is 3.41. The van der Waals surface area contributed by atoms with E-state index in [2.05, 4.69) is 5.32 Å². The number of hydrogen-bond donors (Lipinski definition) is 1. The molecule has 1 rings (SSSR count). The van der Waals surface area contributed by atoms with Gasteiger partial charge in [-0.2, -0.15) is 0 Å². The Kier molecular flexibility index (Phi) is 2.09. The van der Waals surface area contributed by atoms with Crippen molar-refractivity contribution >= 4 is 5.91 Å². The van der Waals surface area contributed by atoms with E-state index in [1.54, 1.807) is 6.92 Å². The van der Waals surface area contributed by atoms with Crippen molar-refractivity contribution in [3.05, 3.63) is 6.04 Å². The van der Waals surface area contributed by atoms with Crippen molar-refractivity contribution in [1.82, 2.24) is 5.32 Å². The van der Waals surface area contributed by atoms with Gasteiger partial charge >= 0.3 is 0 Å². The number of rotatable bonds is 1. The molecule has 0 aromatic carbocycles. The zero-order valence-corrected chi connectivity index (χ0v) is 5.74. The Morgan fingerprint density at radius 2 is 2.00 bits per heavy atom. The summed E-state index contributed by atoms with van der Waals surface area (Å²) in [5.41, 5.74) is 0. The van der Waals surface area contributed by atoms with E-state index < -0.39 is 0 Å². The van der Waals surface area contributed by atoms with Crippen LogP contribution in [0.4, 0.5) is 0 Å². The van der Waals surface area contributed by atoms with Crippen LogP contribution in [-0.4, -0.2) is 5.91 Å². The van der Waals surface area contributed by atoms with Gasteiger partial charge in [-0.25, -0.2) is 0 Å². The van der Waals surface area contributed by atoms with Gasteiger partial charge in [0, 0.05) is 6.92 Å².